The number of hydrogen-bond acceptors (Lipinski definition) is 6. The molecule has 0 aromatic heterocycles. The molecule has 0 amide bonds. The van der Waals surface area contributed by atoms with Crippen molar-refractivity contribution in [1.29, 1.82) is 0 Å². The molecule has 6 nitrogen and oxygen atoms in total. The summed E-state index contributed by atoms with van der Waals surface area (Å²) in [7, 11) is 1.44. The third kappa shape index (κ3) is 4.88. The van der Waals surface area contributed by atoms with Gasteiger partial charge in [0, 0.05) is 6.42 Å². The summed E-state index contributed by atoms with van der Waals surface area (Å²) in [4.78, 5) is 24.5. The second-order valence-corrected chi connectivity index (χ2v) is 14.2. The first kappa shape index (κ1) is 28.9. The van der Waals surface area contributed by atoms with Gasteiger partial charge in [-0.2, -0.15) is 0 Å². The monoisotopic (exact) mass is 520 g/mol. The molecule has 2 N–H and O–H groups in total. The molecule has 4 fully saturated rings. The van der Waals surface area contributed by atoms with Gasteiger partial charge in [0.05, 0.1) is 24.7 Å². The van der Waals surface area contributed by atoms with Crippen molar-refractivity contribution in [2.45, 2.75) is 124 Å². The number of esters is 2. The second-order valence-electron chi connectivity index (χ2n) is 14.2. The van der Waals surface area contributed by atoms with Gasteiger partial charge in [0.1, 0.15) is 6.10 Å². The molecule has 6 heteroatoms. The number of fused-ring (bicyclic) bond motifs is 5. The average molecular weight is 521 g/mol. The van der Waals surface area contributed by atoms with Crippen molar-refractivity contribution in [3.8, 4) is 0 Å². The van der Waals surface area contributed by atoms with E-state index >= 15 is 0 Å². The second kappa shape index (κ2) is 10.4. The molecule has 0 aromatic carbocycles. The first-order valence-electron chi connectivity index (χ1n) is 14.9. The summed E-state index contributed by atoms with van der Waals surface area (Å²) in [6.45, 7) is 12.8. The Labute approximate surface area is 224 Å². The molecule has 0 bridgehead atoms. The number of rotatable bonds is 7. The molecule has 4 rings (SSSR count). The number of aliphatic hydroxyl groups is 2. The third-order valence-electron chi connectivity index (χ3n) is 12.2. The number of methoxy groups -OCH3 is 1. The quantitative estimate of drug-likeness (QED) is 0.429. The topological polar surface area (TPSA) is 93.1 Å². The van der Waals surface area contributed by atoms with Crippen LogP contribution in [0.15, 0.2) is 0 Å². The van der Waals surface area contributed by atoms with Crippen molar-refractivity contribution in [3.05, 3.63) is 0 Å². The number of hydrogen-bond donors (Lipinski definition) is 2. The van der Waals surface area contributed by atoms with Crippen LogP contribution in [0.2, 0.25) is 0 Å². The van der Waals surface area contributed by atoms with Crippen molar-refractivity contribution in [2.75, 3.05) is 7.11 Å². The zero-order valence-corrected chi connectivity index (χ0v) is 24.3. The Kier molecular flexibility index (Phi) is 8.15. The van der Waals surface area contributed by atoms with Crippen LogP contribution in [0.5, 0.6) is 0 Å². The van der Waals surface area contributed by atoms with Crippen LogP contribution in [0, 0.1) is 51.8 Å². The molecule has 37 heavy (non-hydrogen) atoms. The largest absolute Gasteiger partial charge is 0.469 e. The van der Waals surface area contributed by atoms with Crippen LogP contribution in [-0.2, 0) is 19.1 Å². The van der Waals surface area contributed by atoms with Crippen LogP contribution >= 0.6 is 0 Å². The van der Waals surface area contributed by atoms with Crippen LogP contribution in [0.4, 0.5) is 0 Å². The lowest BCUT2D eigenvalue weighted by Gasteiger charge is -2.63. The Morgan fingerprint density at radius 1 is 1.05 bits per heavy atom. The fourth-order valence-electron chi connectivity index (χ4n) is 9.33. The minimum Gasteiger partial charge on any atom is -0.469 e. The number of ether oxygens (including phenoxy) is 2. The fraction of sp³-hybridized carbons (Fsp3) is 0.935. The predicted molar refractivity (Wildman–Crippen MR) is 142 cm³/mol. The molecule has 4 aliphatic rings. The van der Waals surface area contributed by atoms with Crippen molar-refractivity contribution in [3.63, 3.8) is 0 Å². The lowest BCUT2D eigenvalue weighted by Crippen LogP contribution is -2.62. The number of carbonyl (C=O) groups is 2. The van der Waals surface area contributed by atoms with Crippen molar-refractivity contribution >= 4 is 11.9 Å². The highest BCUT2D eigenvalue weighted by molar-refractivity contribution is 5.76. The molecule has 0 heterocycles. The van der Waals surface area contributed by atoms with Crippen LogP contribution in [0.3, 0.4) is 0 Å². The molecular formula is C31H52O6. The number of aliphatic hydroxyl groups excluding tert-OH is 2. The predicted octanol–water partition coefficient (Wildman–Crippen LogP) is 5.52. The Hall–Kier alpha value is -1.14. The maximum Gasteiger partial charge on any atom is 0.311 e. The lowest BCUT2D eigenvalue weighted by atomic mass is 9.43. The first-order valence-corrected chi connectivity index (χ1v) is 14.9. The van der Waals surface area contributed by atoms with E-state index in [1.54, 1.807) is 0 Å². The maximum absolute atomic E-state index is 12.8. The highest BCUT2D eigenvalue weighted by Crippen LogP contribution is 2.68. The van der Waals surface area contributed by atoms with Gasteiger partial charge < -0.3 is 19.7 Å². The van der Waals surface area contributed by atoms with E-state index in [4.69, 9.17) is 9.47 Å². The Bertz CT molecular complexity index is 855. The van der Waals surface area contributed by atoms with E-state index in [2.05, 4.69) is 20.8 Å². The van der Waals surface area contributed by atoms with Gasteiger partial charge in [0.15, 0.2) is 0 Å². The van der Waals surface area contributed by atoms with E-state index in [0.29, 0.717) is 30.1 Å². The van der Waals surface area contributed by atoms with Crippen molar-refractivity contribution in [1.82, 2.24) is 0 Å². The smallest absolute Gasteiger partial charge is 0.311 e. The van der Waals surface area contributed by atoms with Gasteiger partial charge >= 0.3 is 11.9 Å². The van der Waals surface area contributed by atoms with Crippen LogP contribution in [0.1, 0.15) is 106 Å². The summed E-state index contributed by atoms with van der Waals surface area (Å²) in [6.07, 6.45) is 7.30. The molecule has 0 saturated heterocycles. The Morgan fingerprint density at radius 2 is 1.76 bits per heavy atom. The van der Waals surface area contributed by atoms with E-state index in [0.717, 1.165) is 57.8 Å². The fourth-order valence-corrected chi connectivity index (χ4v) is 9.33. The number of carbonyl (C=O) groups excluding carboxylic acids is 2. The van der Waals surface area contributed by atoms with E-state index in [9.17, 15) is 19.8 Å². The molecule has 0 spiro atoms. The Balaban J connectivity index is 1.50. The molecule has 0 aliphatic heterocycles. The Morgan fingerprint density at radius 3 is 2.41 bits per heavy atom. The zero-order valence-electron chi connectivity index (χ0n) is 24.3. The SMILES string of the molecule is CCC(C)(C)C(=O)OC1CCC2(C)C(C1)CC(O)C1C2CC(O)C2(C)C(C(C)CCC(=O)OC)CCC12. The van der Waals surface area contributed by atoms with Gasteiger partial charge in [-0.3, -0.25) is 9.59 Å². The normalized spacial score (nSPS) is 44.2. The minimum absolute atomic E-state index is 0.0456. The highest BCUT2D eigenvalue weighted by atomic mass is 16.5. The third-order valence-corrected chi connectivity index (χ3v) is 12.2. The van der Waals surface area contributed by atoms with E-state index in [-0.39, 0.29) is 46.8 Å². The molecular weight excluding hydrogens is 468 g/mol. The van der Waals surface area contributed by atoms with Gasteiger partial charge in [-0.05, 0) is 118 Å². The van der Waals surface area contributed by atoms with Crippen molar-refractivity contribution < 1.29 is 29.3 Å². The van der Waals surface area contributed by atoms with E-state index in [1.165, 1.54) is 7.11 Å². The van der Waals surface area contributed by atoms with Gasteiger partial charge in [-0.15, -0.1) is 0 Å². The minimum atomic E-state index is -0.469. The van der Waals surface area contributed by atoms with Crippen LogP contribution < -0.4 is 0 Å². The summed E-state index contributed by atoms with van der Waals surface area (Å²) in [6, 6.07) is 0. The van der Waals surface area contributed by atoms with Crippen LogP contribution in [0.25, 0.3) is 0 Å². The summed E-state index contributed by atoms with van der Waals surface area (Å²) >= 11 is 0. The van der Waals surface area contributed by atoms with Gasteiger partial charge in [-0.1, -0.05) is 27.7 Å². The summed E-state index contributed by atoms with van der Waals surface area (Å²) < 4.78 is 10.9. The molecule has 4 saturated carbocycles. The van der Waals surface area contributed by atoms with Crippen molar-refractivity contribution in [2.24, 2.45) is 51.8 Å². The van der Waals surface area contributed by atoms with Crippen LogP contribution in [-0.4, -0.2) is 47.6 Å². The summed E-state index contributed by atoms with van der Waals surface area (Å²) in [5.41, 5.74) is -0.661. The molecule has 0 radical (unpaired) electrons. The molecule has 11 atom stereocenters. The summed E-state index contributed by atoms with van der Waals surface area (Å²) in [5, 5.41) is 23.4. The van der Waals surface area contributed by atoms with E-state index in [1.807, 2.05) is 20.8 Å². The molecule has 0 aromatic rings. The van der Waals surface area contributed by atoms with Gasteiger partial charge in [0.2, 0.25) is 0 Å². The highest BCUT2D eigenvalue weighted by Gasteiger charge is 2.65. The lowest BCUT2D eigenvalue weighted by molar-refractivity contribution is -0.210. The first-order chi connectivity index (χ1) is 17.3. The molecule has 11 unspecified atom stereocenters. The maximum atomic E-state index is 12.8. The van der Waals surface area contributed by atoms with Gasteiger partial charge in [-0.25, -0.2) is 0 Å². The average Bonchev–Trinajstić information content (AvgIpc) is 3.22. The van der Waals surface area contributed by atoms with Gasteiger partial charge in [0.25, 0.3) is 0 Å². The zero-order chi connectivity index (χ0) is 27.3. The molecule has 212 valence electrons. The molecule has 4 aliphatic carbocycles. The van der Waals surface area contributed by atoms with E-state index < -0.39 is 11.5 Å². The summed E-state index contributed by atoms with van der Waals surface area (Å²) in [5.74, 6) is 1.45. The standard InChI is InChI=1S/C31H52O6/c1-8-29(3,4)28(35)37-20-13-14-30(5)19(15-20)16-24(32)27-22-11-10-21(18(2)9-12-26(34)36-7)31(22,6)25(33)17-23(27)30/h18-25,27,32-33H,8-17H2,1-7H3.